The normalized spacial score (nSPS) is 15.3. The molecule has 164 valence electrons. The first-order valence-corrected chi connectivity index (χ1v) is 12.4. The number of sulfonamides is 1. The van der Waals surface area contributed by atoms with Gasteiger partial charge < -0.3 is 9.88 Å². The van der Waals surface area contributed by atoms with Crippen LogP contribution in [0.1, 0.15) is 31.2 Å². The van der Waals surface area contributed by atoms with E-state index in [0.717, 1.165) is 35.7 Å². The van der Waals surface area contributed by atoms with Gasteiger partial charge in [-0.2, -0.15) is 4.31 Å². The van der Waals surface area contributed by atoms with Gasteiger partial charge >= 0.3 is 0 Å². The van der Waals surface area contributed by atoms with Crippen molar-refractivity contribution in [3.05, 3.63) is 65.3 Å². The molecule has 1 amide bonds. The van der Waals surface area contributed by atoms with E-state index >= 15 is 0 Å². The third-order valence-electron chi connectivity index (χ3n) is 5.71. The van der Waals surface area contributed by atoms with E-state index in [1.807, 2.05) is 41.1 Å². The highest BCUT2D eigenvalue weighted by Gasteiger charge is 2.26. The molecule has 1 fully saturated rings. The smallest absolute Gasteiger partial charge is 0.243 e. The number of hydrogen-bond donors (Lipinski definition) is 1. The monoisotopic (exact) mass is 459 g/mol. The van der Waals surface area contributed by atoms with E-state index in [-0.39, 0.29) is 5.91 Å². The molecule has 2 aromatic carbocycles. The highest BCUT2D eigenvalue weighted by atomic mass is 35.5. The molecule has 1 saturated heterocycles. The molecule has 0 unspecified atom stereocenters. The second-order valence-corrected chi connectivity index (χ2v) is 10.2. The van der Waals surface area contributed by atoms with Gasteiger partial charge in [0.25, 0.3) is 0 Å². The molecule has 31 heavy (non-hydrogen) atoms. The first-order chi connectivity index (χ1) is 14.9. The molecule has 0 bridgehead atoms. The third-order valence-corrected chi connectivity index (χ3v) is 7.97. The van der Waals surface area contributed by atoms with E-state index in [1.54, 1.807) is 22.5 Å². The number of fused-ring (bicyclic) bond motifs is 1. The fourth-order valence-corrected chi connectivity index (χ4v) is 5.69. The second-order valence-electron chi connectivity index (χ2n) is 7.81. The summed E-state index contributed by atoms with van der Waals surface area (Å²) < 4.78 is 29.4. The second kappa shape index (κ2) is 9.42. The zero-order chi connectivity index (χ0) is 21.8. The number of carbonyl (C=O) groups excluding carboxylic acids is 1. The molecule has 4 rings (SSSR count). The van der Waals surface area contributed by atoms with Crippen LogP contribution in [0.2, 0.25) is 5.02 Å². The van der Waals surface area contributed by atoms with Crippen molar-refractivity contribution < 1.29 is 13.2 Å². The van der Waals surface area contributed by atoms with Gasteiger partial charge in [0, 0.05) is 54.7 Å². The van der Waals surface area contributed by atoms with Gasteiger partial charge in [0.1, 0.15) is 0 Å². The highest BCUT2D eigenvalue weighted by Crippen LogP contribution is 2.25. The molecule has 8 heteroatoms. The highest BCUT2D eigenvalue weighted by molar-refractivity contribution is 7.89. The Hall–Kier alpha value is -2.35. The van der Waals surface area contributed by atoms with Crippen LogP contribution in [0.15, 0.2) is 59.6 Å². The van der Waals surface area contributed by atoms with E-state index in [0.29, 0.717) is 42.5 Å². The molecule has 1 aliphatic heterocycles. The molecule has 3 aromatic rings. The average Bonchev–Trinajstić information content (AvgIpc) is 3.20. The summed E-state index contributed by atoms with van der Waals surface area (Å²) >= 11 is 6.12. The summed E-state index contributed by atoms with van der Waals surface area (Å²) in [6.45, 7) is 2.08. The van der Waals surface area contributed by atoms with Crippen LogP contribution in [-0.2, 0) is 27.9 Å². The van der Waals surface area contributed by atoms with Crippen molar-refractivity contribution in [1.82, 2.24) is 14.2 Å². The molecule has 0 saturated carbocycles. The molecular weight excluding hydrogens is 434 g/mol. The van der Waals surface area contributed by atoms with Crippen molar-refractivity contribution in [3.63, 3.8) is 0 Å². The van der Waals surface area contributed by atoms with Crippen LogP contribution in [0.25, 0.3) is 10.9 Å². The number of amides is 1. The lowest BCUT2D eigenvalue weighted by atomic mass is 10.2. The summed E-state index contributed by atoms with van der Waals surface area (Å²) in [7, 11) is -3.46. The van der Waals surface area contributed by atoms with Crippen LogP contribution < -0.4 is 5.32 Å². The minimum absolute atomic E-state index is 0.0638. The van der Waals surface area contributed by atoms with E-state index < -0.39 is 10.0 Å². The summed E-state index contributed by atoms with van der Waals surface area (Å²) in [5, 5.41) is 4.38. The van der Waals surface area contributed by atoms with Crippen LogP contribution in [0, 0.1) is 0 Å². The minimum Gasteiger partial charge on any atom is -0.352 e. The molecule has 1 N–H and O–H groups in total. The summed E-state index contributed by atoms with van der Waals surface area (Å²) in [5.74, 6) is -0.0638. The van der Waals surface area contributed by atoms with Gasteiger partial charge in [0.15, 0.2) is 0 Å². The minimum atomic E-state index is -3.46. The molecule has 1 aromatic heterocycles. The molecule has 1 aliphatic rings. The molecule has 0 aliphatic carbocycles. The quantitative estimate of drug-likeness (QED) is 0.576. The predicted octanol–water partition coefficient (Wildman–Crippen LogP) is 4.18. The molecular formula is C23H26ClN3O3S. The van der Waals surface area contributed by atoms with E-state index in [4.69, 9.17) is 11.6 Å². The van der Waals surface area contributed by atoms with Crippen molar-refractivity contribution in [1.29, 1.82) is 0 Å². The lowest BCUT2D eigenvalue weighted by Crippen LogP contribution is -2.35. The summed E-state index contributed by atoms with van der Waals surface area (Å²) in [6.07, 6.45) is 5.12. The largest absolute Gasteiger partial charge is 0.352 e. The zero-order valence-electron chi connectivity index (χ0n) is 17.3. The van der Waals surface area contributed by atoms with Gasteiger partial charge in [-0.05, 0) is 48.7 Å². The van der Waals surface area contributed by atoms with E-state index in [1.165, 1.54) is 0 Å². The number of piperidine rings is 1. The maximum absolute atomic E-state index is 12.9. The Labute approximate surface area is 187 Å². The Balaban J connectivity index is 1.40. The van der Waals surface area contributed by atoms with Crippen LogP contribution in [-0.4, -0.2) is 36.3 Å². The fraction of sp³-hybridized carbons (Fsp3) is 0.348. The lowest BCUT2D eigenvalue weighted by molar-refractivity contribution is -0.121. The van der Waals surface area contributed by atoms with Crippen molar-refractivity contribution in [2.75, 3.05) is 13.1 Å². The van der Waals surface area contributed by atoms with Crippen LogP contribution in [0.5, 0.6) is 0 Å². The third kappa shape index (κ3) is 4.95. The lowest BCUT2D eigenvalue weighted by Gasteiger charge is -2.25. The van der Waals surface area contributed by atoms with Gasteiger partial charge in [-0.25, -0.2) is 8.42 Å². The summed E-state index contributed by atoms with van der Waals surface area (Å²) in [4.78, 5) is 12.6. The number of hydrogen-bond acceptors (Lipinski definition) is 3. The summed E-state index contributed by atoms with van der Waals surface area (Å²) in [6, 6.07) is 14.5. The Morgan fingerprint density at radius 2 is 1.81 bits per heavy atom. The standard InChI is InChI=1S/C23H26ClN3O3S/c24-21-7-3-2-6-19(21)17-25-23(28)11-15-26-14-10-18-16-20(8-9-22(18)26)31(29,30)27-12-4-1-5-13-27/h2-3,6-10,14,16H,1,4-5,11-13,15,17H2,(H,25,28). The Morgan fingerprint density at radius 1 is 1.03 bits per heavy atom. The van der Waals surface area contributed by atoms with Gasteiger partial charge in [-0.15, -0.1) is 0 Å². The Morgan fingerprint density at radius 3 is 2.58 bits per heavy atom. The first-order valence-electron chi connectivity index (χ1n) is 10.5. The van der Waals surface area contributed by atoms with Crippen LogP contribution in [0.3, 0.4) is 0 Å². The number of benzene rings is 2. The molecule has 0 atom stereocenters. The maximum Gasteiger partial charge on any atom is 0.243 e. The van der Waals surface area contributed by atoms with Gasteiger partial charge in [-0.3, -0.25) is 4.79 Å². The van der Waals surface area contributed by atoms with E-state index in [9.17, 15) is 13.2 Å². The van der Waals surface area contributed by atoms with Crippen molar-refractivity contribution in [2.45, 2.75) is 43.7 Å². The van der Waals surface area contributed by atoms with Crippen LogP contribution in [0.4, 0.5) is 0 Å². The maximum atomic E-state index is 12.9. The number of aromatic nitrogens is 1. The van der Waals surface area contributed by atoms with Gasteiger partial charge in [0.05, 0.1) is 4.90 Å². The predicted molar refractivity (Wildman–Crippen MR) is 122 cm³/mol. The number of halogens is 1. The van der Waals surface area contributed by atoms with Crippen molar-refractivity contribution in [2.24, 2.45) is 0 Å². The van der Waals surface area contributed by atoms with Gasteiger partial charge in [-0.1, -0.05) is 36.2 Å². The Bertz CT molecular complexity index is 1180. The Kier molecular flexibility index (Phi) is 6.65. The molecule has 0 spiro atoms. The number of nitrogens with one attached hydrogen (secondary N) is 1. The molecule has 0 radical (unpaired) electrons. The molecule has 2 heterocycles. The number of aryl methyl sites for hydroxylation is 1. The van der Waals surface area contributed by atoms with Gasteiger partial charge in [0.2, 0.25) is 15.9 Å². The number of nitrogens with zero attached hydrogens (tertiary/aromatic N) is 2. The van der Waals surface area contributed by atoms with Crippen LogP contribution >= 0.6 is 11.6 Å². The van der Waals surface area contributed by atoms with Crippen molar-refractivity contribution >= 4 is 38.4 Å². The fourth-order valence-electron chi connectivity index (χ4n) is 3.93. The SMILES string of the molecule is O=C(CCn1ccc2cc(S(=O)(=O)N3CCCCC3)ccc21)NCc1ccccc1Cl. The summed E-state index contributed by atoms with van der Waals surface area (Å²) in [5.41, 5.74) is 1.79. The number of rotatable bonds is 7. The molecule has 6 nitrogen and oxygen atoms in total. The topological polar surface area (TPSA) is 71.4 Å². The van der Waals surface area contributed by atoms with Crippen molar-refractivity contribution in [3.8, 4) is 0 Å². The average molecular weight is 460 g/mol. The van der Waals surface area contributed by atoms with E-state index in [2.05, 4.69) is 5.32 Å². The first kappa shape index (κ1) is 21.9. The zero-order valence-corrected chi connectivity index (χ0v) is 18.8. The number of carbonyl (C=O) groups is 1.